The molecule has 0 aromatic carbocycles. The molecular formula is C11H23NO7P-. The van der Waals surface area contributed by atoms with E-state index in [1.54, 1.807) is 0 Å². The van der Waals surface area contributed by atoms with E-state index in [9.17, 15) is 19.0 Å². The molecule has 9 heteroatoms. The lowest BCUT2D eigenvalue weighted by molar-refractivity contribution is -0.219. The number of carbonyl (C=O) groups excluding carboxylic acids is 1. The van der Waals surface area contributed by atoms with Crippen molar-refractivity contribution in [3.8, 4) is 0 Å². The number of unbranched alkanes of at least 4 members (excludes halogenated alkanes) is 3. The molecule has 0 bridgehead atoms. The average Bonchev–Trinajstić information content (AvgIpc) is 2.35. The first-order valence-electron chi connectivity index (χ1n) is 6.34. The molecule has 0 aliphatic rings. The van der Waals surface area contributed by atoms with Crippen LogP contribution in [0.4, 0.5) is 0 Å². The largest absolute Gasteiger partial charge is 0.756 e. The van der Waals surface area contributed by atoms with Crippen LogP contribution in [0.25, 0.3) is 0 Å². The van der Waals surface area contributed by atoms with Crippen molar-refractivity contribution in [3.05, 3.63) is 0 Å². The Morgan fingerprint density at radius 1 is 1.25 bits per heavy atom. The van der Waals surface area contributed by atoms with Crippen LogP contribution in [0.1, 0.15) is 45.4 Å². The zero-order chi connectivity index (χ0) is 16.0. The maximum atomic E-state index is 10.3. The molecule has 20 heavy (non-hydrogen) atoms. The molecule has 0 aromatic rings. The van der Waals surface area contributed by atoms with Gasteiger partial charge in [-0.25, -0.2) is 0 Å². The highest BCUT2D eigenvalue weighted by Gasteiger charge is 2.01. The summed E-state index contributed by atoms with van der Waals surface area (Å²) in [6.07, 6.45) is 3.71. The molecule has 1 atom stereocenters. The fourth-order valence-electron chi connectivity index (χ4n) is 1.06. The highest BCUT2D eigenvalue weighted by atomic mass is 31.2. The van der Waals surface area contributed by atoms with Gasteiger partial charge in [0.05, 0.1) is 19.6 Å². The minimum absolute atomic E-state index is 0.0475. The van der Waals surface area contributed by atoms with Gasteiger partial charge in [0.25, 0.3) is 7.82 Å². The van der Waals surface area contributed by atoms with Crippen LogP contribution in [0.2, 0.25) is 0 Å². The van der Waals surface area contributed by atoms with E-state index in [1.165, 1.54) is 0 Å². The highest BCUT2D eigenvalue weighted by molar-refractivity contribution is 7.44. The number of Topliss-reactive ketones (excluding diaryl/α,β-unsaturated/α-hetero) is 1. The summed E-state index contributed by atoms with van der Waals surface area (Å²) in [6, 6.07) is 0. The normalized spacial score (nSPS) is 13.0. The van der Waals surface area contributed by atoms with Crippen molar-refractivity contribution in [3.63, 3.8) is 0 Å². The van der Waals surface area contributed by atoms with Crippen LogP contribution in [0, 0.1) is 0 Å². The molecule has 0 aliphatic heterocycles. The predicted molar refractivity (Wildman–Crippen MR) is 70.9 cm³/mol. The van der Waals surface area contributed by atoms with Gasteiger partial charge in [-0.1, -0.05) is 26.2 Å². The van der Waals surface area contributed by atoms with Crippen LogP contribution in [0.5, 0.6) is 0 Å². The van der Waals surface area contributed by atoms with Gasteiger partial charge >= 0.3 is 5.97 Å². The van der Waals surface area contributed by atoms with Gasteiger partial charge < -0.3 is 25.2 Å². The number of ketones is 1. The lowest BCUT2D eigenvalue weighted by atomic mass is 10.2. The summed E-state index contributed by atoms with van der Waals surface area (Å²) in [5.41, 5.74) is 4.92. The van der Waals surface area contributed by atoms with Crippen molar-refractivity contribution >= 4 is 19.6 Å². The van der Waals surface area contributed by atoms with Crippen molar-refractivity contribution < 1.29 is 33.6 Å². The third kappa shape index (κ3) is 22.4. The summed E-state index contributed by atoms with van der Waals surface area (Å²) in [6.45, 7) is 2.09. The summed E-state index contributed by atoms with van der Waals surface area (Å²) >= 11 is 0. The third-order valence-electron chi connectivity index (χ3n) is 2.10. The van der Waals surface area contributed by atoms with E-state index in [0.717, 1.165) is 19.3 Å². The molecule has 0 amide bonds. The fraction of sp³-hybridized carbons (Fsp3) is 0.818. The number of carbonyl (C=O) groups is 2. The number of hydrogen-bond acceptors (Lipinski definition) is 6. The first-order chi connectivity index (χ1) is 9.22. The minimum Gasteiger partial charge on any atom is -0.756 e. The quantitative estimate of drug-likeness (QED) is 0.388. The van der Waals surface area contributed by atoms with Gasteiger partial charge in [-0.3, -0.25) is 14.2 Å². The molecule has 0 rings (SSSR count). The van der Waals surface area contributed by atoms with Crippen molar-refractivity contribution in [2.24, 2.45) is 5.73 Å². The molecule has 0 heterocycles. The number of nitrogens with two attached hydrogens (primary N) is 1. The minimum atomic E-state index is -4.46. The first kappa shape index (κ1) is 21.5. The standard InChI is InChI=1S/C6H15O4P.C5H9NO3/c1-2-3-4-5-6-10-11(7,8)9;6-3-4(7)1-2-5(8)9/h2-6H2,1H3,(H2,7,8,9);1-3,6H2,(H,8,9)/p-1. The van der Waals surface area contributed by atoms with Gasteiger partial charge in [0, 0.05) is 6.42 Å². The molecule has 120 valence electrons. The number of carboxylic acid groups (broad SMARTS) is 1. The van der Waals surface area contributed by atoms with Crippen molar-refractivity contribution in [1.82, 2.24) is 0 Å². The van der Waals surface area contributed by atoms with Gasteiger partial charge in [-0.05, 0) is 6.42 Å². The van der Waals surface area contributed by atoms with Crippen molar-refractivity contribution in [1.29, 1.82) is 0 Å². The number of phosphoric acid groups is 1. The van der Waals surface area contributed by atoms with Crippen LogP contribution < -0.4 is 10.6 Å². The van der Waals surface area contributed by atoms with Crippen LogP contribution in [-0.2, 0) is 18.7 Å². The fourth-order valence-corrected chi connectivity index (χ4v) is 1.42. The predicted octanol–water partition coefficient (Wildman–Crippen LogP) is 0.423. The Labute approximate surface area is 118 Å². The second-order valence-electron chi connectivity index (χ2n) is 4.00. The number of rotatable bonds is 10. The Kier molecular flexibility index (Phi) is 14.2. The topological polar surface area (TPSA) is 150 Å². The van der Waals surface area contributed by atoms with Gasteiger partial charge in [-0.2, -0.15) is 0 Å². The Hall–Kier alpha value is -0.790. The molecule has 4 N–H and O–H groups in total. The Morgan fingerprint density at radius 2 is 1.85 bits per heavy atom. The SMILES string of the molecule is CCCCCCOP(=O)([O-])O.NCC(=O)CCC(=O)O. The van der Waals surface area contributed by atoms with E-state index in [2.05, 4.69) is 11.4 Å². The molecule has 8 nitrogen and oxygen atoms in total. The second kappa shape index (κ2) is 13.2. The van der Waals surface area contributed by atoms with E-state index in [4.69, 9.17) is 15.7 Å². The van der Waals surface area contributed by atoms with E-state index in [-0.39, 0.29) is 31.8 Å². The number of hydrogen-bond donors (Lipinski definition) is 3. The summed E-state index contributed by atoms with van der Waals surface area (Å²) in [7, 11) is -4.46. The maximum Gasteiger partial charge on any atom is 0.303 e. The van der Waals surface area contributed by atoms with Crippen molar-refractivity contribution in [2.45, 2.75) is 45.4 Å². The number of aliphatic carboxylic acids is 1. The Balaban J connectivity index is 0. The lowest BCUT2D eigenvalue weighted by Crippen LogP contribution is -2.14. The van der Waals surface area contributed by atoms with Crippen LogP contribution in [0.15, 0.2) is 0 Å². The van der Waals surface area contributed by atoms with E-state index >= 15 is 0 Å². The smallest absolute Gasteiger partial charge is 0.303 e. The van der Waals surface area contributed by atoms with E-state index in [1.807, 2.05) is 0 Å². The molecule has 0 aliphatic carbocycles. The van der Waals surface area contributed by atoms with Crippen LogP contribution >= 0.6 is 7.82 Å². The summed E-state index contributed by atoms with van der Waals surface area (Å²) in [4.78, 5) is 38.3. The molecule has 0 aromatic heterocycles. The Morgan fingerprint density at radius 3 is 2.25 bits per heavy atom. The first-order valence-corrected chi connectivity index (χ1v) is 7.84. The third-order valence-corrected chi connectivity index (χ3v) is 2.61. The van der Waals surface area contributed by atoms with Gasteiger partial charge in [0.1, 0.15) is 5.78 Å². The van der Waals surface area contributed by atoms with Gasteiger partial charge in [0.15, 0.2) is 0 Å². The zero-order valence-electron chi connectivity index (χ0n) is 11.6. The molecule has 0 fully saturated rings. The van der Waals surface area contributed by atoms with Crippen molar-refractivity contribution in [2.75, 3.05) is 13.2 Å². The summed E-state index contributed by atoms with van der Waals surface area (Å²) in [5, 5.41) is 8.06. The van der Waals surface area contributed by atoms with E-state index < -0.39 is 13.8 Å². The summed E-state index contributed by atoms with van der Waals surface area (Å²) < 4.78 is 14.2. The molecule has 0 saturated heterocycles. The molecular weight excluding hydrogens is 289 g/mol. The number of phosphoric ester groups is 1. The zero-order valence-corrected chi connectivity index (χ0v) is 12.5. The highest BCUT2D eigenvalue weighted by Crippen LogP contribution is 2.30. The van der Waals surface area contributed by atoms with Crippen LogP contribution in [-0.4, -0.2) is 34.9 Å². The maximum absolute atomic E-state index is 10.3. The molecule has 0 saturated carbocycles. The molecule has 0 radical (unpaired) electrons. The van der Waals surface area contributed by atoms with E-state index in [0.29, 0.717) is 6.42 Å². The molecule has 0 spiro atoms. The second-order valence-corrected chi connectivity index (χ2v) is 5.19. The Bertz CT molecular complexity index is 316. The monoisotopic (exact) mass is 312 g/mol. The van der Waals surface area contributed by atoms with Crippen LogP contribution in [0.3, 0.4) is 0 Å². The molecule has 1 unspecified atom stereocenters. The van der Waals surface area contributed by atoms with Gasteiger partial charge in [-0.15, -0.1) is 0 Å². The average molecular weight is 312 g/mol. The number of carboxylic acids is 1. The lowest BCUT2D eigenvalue weighted by Gasteiger charge is -2.14. The van der Waals surface area contributed by atoms with Gasteiger partial charge in [0.2, 0.25) is 0 Å². The summed E-state index contributed by atoms with van der Waals surface area (Å²) in [5.74, 6) is -1.17.